The normalized spacial score (nSPS) is 9.92. The van der Waals surface area contributed by atoms with Gasteiger partial charge in [0, 0.05) is 5.02 Å². The van der Waals surface area contributed by atoms with Crippen LogP contribution in [0.4, 0.5) is 0 Å². The van der Waals surface area contributed by atoms with Crippen LogP contribution in [0.25, 0.3) is 0 Å². The van der Waals surface area contributed by atoms with Gasteiger partial charge in [-0.25, -0.2) is 0 Å². The largest absolute Gasteiger partial charge is 0.506 e. The molecule has 0 bridgehead atoms. The summed E-state index contributed by atoms with van der Waals surface area (Å²) in [6, 6.07) is 2.65. The van der Waals surface area contributed by atoms with E-state index in [2.05, 4.69) is 12.6 Å². The minimum Gasteiger partial charge on any atom is -0.506 e. The van der Waals surface area contributed by atoms with Gasteiger partial charge in [0.05, 0.1) is 10.6 Å². The predicted octanol–water partition coefficient (Wildman–Crippen LogP) is 2.77. The second kappa shape index (κ2) is 3.56. The van der Waals surface area contributed by atoms with Gasteiger partial charge in [-0.05, 0) is 12.1 Å². The molecule has 1 rings (SSSR count). The number of benzene rings is 1. The van der Waals surface area contributed by atoms with Gasteiger partial charge in [0.1, 0.15) is 5.75 Å². The highest BCUT2D eigenvalue weighted by Gasteiger charge is 2.11. The second-order valence-corrected chi connectivity index (χ2v) is 3.34. The Hall–Kier alpha value is -0.380. The summed E-state index contributed by atoms with van der Waals surface area (Å²) in [6.45, 7) is 0. The zero-order chi connectivity index (χ0) is 9.30. The van der Waals surface area contributed by atoms with Gasteiger partial charge in [0.25, 0.3) is 0 Å². The molecular weight excluding hydrogens is 219 g/mol. The van der Waals surface area contributed by atoms with E-state index in [4.69, 9.17) is 23.2 Å². The van der Waals surface area contributed by atoms with Crippen LogP contribution in [-0.2, 0) is 0 Å². The Morgan fingerprint density at radius 1 is 1.42 bits per heavy atom. The van der Waals surface area contributed by atoms with Crippen molar-refractivity contribution >= 4 is 40.9 Å². The summed E-state index contributed by atoms with van der Waals surface area (Å²) >= 11 is 14.7. The number of rotatable bonds is 1. The Kier molecular flexibility index (Phi) is 2.88. The van der Waals surface area contributed by atoms with Crippen molar-refractivity contribution in [1.29, 1.82) is 0 Å². The van der Waals surface area contributed by atoms with E-state index in [9.17, 15) is 9.90 Å². The first kappa shape index (κ1) is 9.71. The van der Waals surface area contributed by atoms with Crippen molar-refractivity contribution in [3.63, 3.8) is 0 Å². The number of phenols is 1. The molecule has 0 saturated heterocycles. The van der Waals surface area contributed by atoms with Crippen LogP contribution >= 0.6 is 35.8 Å². The summed E-state index contributed by atoms with van der Waals surface area (Å²) in [5.41, 5.74) is 0.0100. The fourth-order valence-corrected chi connectivity index (χ4v) is 1.39. The quantitative estimate of drug-likeness (QED) is 0.718. The monoisotopic (exact) mass is 222 g/mol. The van der Waals surface area contributed by atoms with E-state index in [1.54, 1.807) is 0 Å². The molecule has 12 heavy (non-hydrogen) atoms. The fraction of sp³-hybridized carbons (Fsp3) is 0. The van der Waals surface area contributed by atoms with Crippen molar-refractivity contribution in [3.8, 4) is 5.75 Å². The van der Waals surface area contributed by atoms with Crippen LogP contribution in [0.5, 0.6) is 5.75 Å². The number of phenolic OH excluding ortho intramolecular Hbond substituents is 1. The van der Waals surface area contributed by atoms with Gasteiger partial charge >= 0.3 is 0 Å². The smallest absolute Gasteiger partial charge is 0.220 e. The third kappa shape index (κ3) is 1.86. The highest BCUT2D eigenvalue weighted by Crippen LogP contribution is 2.31. The van der Waals surface area contributed by atoms with Gasteiger partial charge in [-0.1, -0.05) is 23.2 Å². The SMILES string of the molecule is O=C(S)c1cc(Cl)cc(Cl)c1O. The molecule has 0 atom stereocenters. The first-order valence-corrected chi connectivity index (χ1v) is 4.14. The van der Waals surface area contributed by atoms with Crippen LogP contribution in [0.1, 0.15) is 10.4 Å². The number of carbonyl (C=O) groups excluding carboxylic acids is 1. The maximum Gasteiger partial charge on any atom is 0.220 e. The van der Waals surface area contributed by atoms with Gasteiger partial charge in [-0.15, -0.1) is 12.6 Å². The Labute approximate surface area is 84.5 Å². The van der Waals surface area contributed by atoms with Crippen molar-refractivity contribution < 1.29 is 9.90 Å². The molecule has 5 heteroatoms. The van der Waals surface area contributed by atoms with Gasteiger partial charge in [-0.3, -0.25) is 4.79 Å². The molecule has 0 aliphatic carbocycles. The molecule has 1 N–H and O–H groups in total. The molecule has 0 radical (unpaired) electrons. The zero-order valence-electron chi connectivity index (χ0n) is 5.71. The fourth-order valence-electron chi connectivity index (χ4n) is 0.729. The van der Waals surface area contributed by atoms with E-state index in [0.29, 0.717) is 0 Å². The lowest BCUT2D eigenvalue weighted by Crippen LogP contribution is -1.89. The van der Waals surface area contributed by atoms with E-state index in [-0.39, 0.29) is 21.4 Å². The molecular formula is C7H4Cl2O2S. The molecule has 0 aromatic heterocycles. The standard InChI is InChI=1S/C7H4Cl2O2S/c8-3-1-4(7(11)12)6(10)5(9)2-3/h1-2,10H,(H,11,12). The first-order chi connectivity index (χ1) is 5.52. The van der Waals surface area contributed by atoms with Crippen molar-refractivity contribution in [1.82, 2.24) is 0 Å². The minimum atomic E-state index is -0.572. The lowest BCUT2D eigenvalue weighted by molar-refractivity contribution is 0.108. The van der Waals surface area contributed by atoms with Crippen LogP contribution in [0.2, 0.25) is 10.0 Å². The van der Waals surface area contributed by atoms with E-state index in [1.165, 1.54) is 12.1 Å². The van der Waals surface area contributed by atoms with Crippen LogP contribution in [-0.4, -0.2) is 10.2 Å². The van der Waals surface area contributed by atoms with Crippen LogP contribution < -0.4 is 0 Å². The zero-order valence-corrected chi connectivity index (χ0v) is 8.12. The molecule has 0 aliphatic heterocycles. The van der Waals surface area contributed by atoms with Crippen LogP contribution in [0, 0.1) is 0 Å². The number of aromatic hydroxyl groups is 1. The molecule has 2 nitrogen and oxygen atoms in total. The number of carbonyl (C=O) groups is 1. The number of thiol groups is 1. The molecule has 0 amide bonds. The minimum absolute atomic E-state index is 0.0100. The Bertz CT molecular complexity index is 338. The maximum absolute atomic E-state index is 10.8. The number of hydrogen-bond acceptors (Lipinski definition) is 2. The topological polar surface area (TPSA) is 37.3 Å². The maximum atomic E-state index is 10.8. The molecule has 0 spiro atoms. The molecule has 0 heterocycles. The Morgan fingerprint density at radius 3 is 2.50 bits per heavy atom. The van der Waals surface area contributed by atoms with E-state index < -0.39 is 5.12 Å². The third-order valence-corrected chi connectivity index (χ3v) is 2.01. The molecule has 64 valence electrons. The average molecular weight is 223 g/mol. The highest BCUT2D eigenvalue weighted by atomic mass is 35.5. The summed E-state index contributed by atoms with van der Waals surface area (Å²) in [4.78, 5) is 10.8. The summed E-state index contributed by atoms with van der Waals surface area (Å²) in [5.74, 6) is -0.291. The van der Waals surface area contributed by atoms with Crippen molar-refractivity contribution in [2.75, 3.05) is 0 Å². The summed E-state index contributed by atoms with van der Waals surface area (Å²) in [6.07, 6.45) is 0. The van der Waals surface area contributed by atoms with Gasteiger partial charge < -0.3 is 5.11 Å². The molecule has 0 aliphatic rings. The van der Waals surface area contributed by atoms with Crippen molar-refractivity contribution in [2.24, 2.45) is 0 Å². The average Bonchev–Trinajstić information content (AvgIpc) is 1.96. The molecule has 0 fully saturated rings. The summed E-state index contributed by atoms with van der Waals surface area (Å²) in [5, 5.41) is 8.99. The van der Waals surface area contributed by atoms with E-state index in [1.807, 2.05) is 0 Å². The number of hydrogen-bond donors (Lipinski definition) is 2. The van der Waals surface area contributed by atoms with E-state index >= 15 is 0 Å². The molecule has 0 saturated carbocycles. The lowest BCUT2D eigenvalue weighted by Gasteiger charge is -2.02. The van der Waals surface area contributed by atoms with Gasteiger partial charge in [-0.2, -0.15) is 0 Å². The molecule has 1 aromatic rings. The summed E-state index contributed by atoms with van der Waals surface area (Å²) < 4.78 is 0. The van der Waals surface area contributed by atoms with Crippen molar-refractivity contribution in [2.45, 2.75) is 0 Å². The van der Waals surface area contributed by atoms with Crippen molar-refractivity contribution in [3.05, 3.63) is 27.7 Å². The highest BCUT2D eigenvalue weighted by molar-refractivity contribution is 7.97. The number of halogens is 2. The molecule has 1 aromatic carbocycles. The second-order valence-electron chi connectivity index (χ2n) is 2.09. The Balaban J connectivity index is 3.37. The van der Waals surface area contributed by atoms with Gasteiger partial charge in [0.15, 0.2) is 0 Å². The first-order valence-electron chi connectivity index (χ1n) is 2.93. The third-order valence-electron chi connectivity index (χ3n) is 1.26. The van der Waals surface area contributed by atoms with Crippen LogP contribution in [0.15, 0.2) is 12.1 Å². The van der Waals surface area contributed by atoms with Gasteiger partial charge in [0.2, 0.25) is 5.12 Å². The van der Waals surface area contributed by atoms with Crippen LogP contribution in [0.3, 0.4) is 0 Å². The van der Waals surface area contributed by atoms with E-state index in [0.717, 1.165) is 0 Å². The summed E-state index contributed by atoms with van der Waals surface area (Å²) in [7, 11) is 0. The molecule has 0 unspecified atom stereocenters. The predicted molar refractivity (Wildman–Crippen MR) is 51.4 cm³/mol. The lowest BCUT2D eigenvalue weighted by atomic mass is 10.2. The Morgan fingerprint density at radius 2 is 2.00 bits per heavy atom.